The Labute approximate surface area is 120 Å². The molecule has 0 aliphatic heterocycles. The van der Waals surface area contributed by atoms with Gasteiger partial charge in [-0.05, 0) is 31.2 Å². The van der Waals surface area contributed by atoms with Crippen molar-refractivity contribution in [3.05, 3.63) is 52.4 Å². The number of hydrogen-bond donors (Lipinski definition) is 2. The highest BCUT2D eigenvalue weighted by Crippen LogP contribution is 2.26. The first kappa shape index (κ1) is 13.7. The van der Waals surface area contributed by atoms with Gasteiger partial charge in [-0.2, -0.15) is 0 Å². The third-order valence-electron chi connectivity index (χ3n) is 2.50. The summed E-state index contributed by atoms with van der Waals surface area (Å²) in [7, 11) is 0. The number of halogens is 2. The third kappa shape index (κ3) is 3.00. The Hall–Kier alpha value is -1.72. The van der Waals surface area contributed by atoms with Crippen LogP contribution in [0.5, 0.6) is 0 Å². The van der Waals surface area contributed by atoms with Gasteiger partial charge in [-0.3, -0.25) is 0 Å². The predicted octanol–water partition coefficient (Wildman–Crippen LogP) is 3.56. The van der Waals surface area contributed by atoms with E-state index < -0.39 is 5.82 Å². The van der Waals surface area contributed by atoms with Crippen LogP contribution >= 0.6 is 23.8 Å². The van der Waals surface area contributed by atoms with Gasteiger partial charge in [-0.1, -0.05) is 29.9 Å². The molecule has 2 rings (SSSR count). The van der Waals surface area contributed by atoms with E-state index in [4.69, 9.17) is 29.6 Å². The summed E-state index contributed by atoms with van der Waals surface area (Å²) in [4.78, 5) is 4.46. The first-order valence-corrected chi connectivity index (χ1v) is 6.26. The number of aryl methyl sites for hydroxylation is 1. The van der Waals surface area contributed by atoms with E-state index in [0.29, 0.717) is 11.4 Å². The molecule has 0 fully saturated rings. The Bertz CT molecular complexity index is 646. The summed E-state index contributed by atoms with van der Waals surface area (Å²) in [5.74, 6) is -0.130. The number of rotatable bonds is 3. The lowest BCUT2D eigenvalue weighted by molar-refractivity contribution is 0.632. The summed E-state index contributed by atoms with van der Waals surface area (Å²) in [6.45, 7) is 1.82. The van der Waals surface area contributed by atoms with E-state index in [0.717, 1.165) is 5.69 Å². The van der Waals surface area contributed by atoms with Crippen molar-refractivity contribution >= 4 is 40.3 Å². The lowest BCUT2D eigenvalue weighted by Gasteiger charge is -2.12. The largest absolute Gasteiger partial charge is 0.389 e. The Morgan fingerprint density at radius 2 is 2.11 bits per heavy atom. The van der Waals surface area contributed by atoms with Gasteiger partial charge in [0.15, 0.2) is 5.82 Å². The fraction of sp³-hybridized carbons (Fsp3) is 0.0769. The molecule has 0 saturated heterocycles. The molecule has 0 unspecified atom stereocenters. The maximum atomic E-state index is 13.8. The van der Waals surface area contributed by atoms with Gasteiger partial charge in [-0.15, -0.1) is 0 Å². The molecule has 3 N–H and O–H groups in total. The van der Waals surface area contributed by atoms with Crippen molar-refractivity contribution in [2.24, 2.45) is 5.73 Å². The zero-order valence-electron chi connectivity index (χ0n) is 10.1. The van der Waals surface area contributed by atoms with E-state index in [1.165, 1.54) is 6.07 Å². The molecule has 1 aromatic carbocycles. The number of anilines is 2. The summed E-state index contributed by atoms with van der Waals surface area (Å²) >= 11 is 10.7. The minimum Gasteiger partial charge on any atom is -0.389 e. The van der Waals surface area contributed by atoms with E-state index in [9.17, 15) is 4.39 Å². The Balaban J connectivity index is 2.45. The van der Waals surface area contributed by atoms with Crippen LogP contribution in [0.4, 0.5) is 15.9 Å². The van der Waals surface area contributed by atoms with Crippen LogP contribution in [0.3, 0.4) is 0 Å². The zero-order valence-corrected chi connectivity index (χ0v) is 11.6. The average Bonchev–Trinajstić information content (AvgIpc) is 2.35. The van der Waals surface area contributed by atoms with Gasteiger partial charge in [0.05, 0.1) is 16.3 Å². The molecule has 0 radical (unpaired) electrons. The number of nitrogens with zero attached hydrogens (tertiary/aromatic N) is 1. The van der Waals surface area contributed by atoms with Crippen LogP contribution in [0.1, 0.15) is 11.3 Å². The number of nitrogens with two attached hydrogens (primary N) is 1. The molecule has 1 aromatic heterocycles. The quantitative estimate of drug-likeness (QED) is 0.850. The summed E-state index contributed by atoms with van der Waals surface area (Å²) < 4.78 is 13.8. The second-order valence-electron chi connectivity index (χ2n) is 3.94. The molecule has 1 heterocycles. The summed E-state index contributed by atoms with van der Waals surface area (Å²) in [5, 5.41) is 2.90. The Morgan fingerprint density at radius 1 is 1.37 bits per heavy atom. The molecular formula is C13H11ClFN3S. The molecule has 0 aliphatic carbocycles. The van der Waals surface area contributed by atoms with E-state index >= 15 is 0 Å². The van der Waals surface area contributed by atoms with Gasteiger partial charge < -0.3 is 11.1 Å². The first-order valence-electron chi connectivity index (χ1n) is 5.47. The van der Waals surface area contributed by atoms with Gasteiger partial charge in [0.2, 0.25) is 0 Å². The summed E-state index contributed by atoms with van der Waals surface area (Å²) in [6.07, 6.45) is 0. The van der Waals surface area contributed by atoms with Crippen molar-refractivity contribution < 1.29 is 4.39 Å². The lowest BCUT2D eigenvalue weighted by atomic mass is 10.2. The fourth-order valence-corrected chi connectivity index (χ4v) is 1.92. The maximum absolute atomic E-state index is 13.8. The van der Waals surface area contributed by atoms with Gasteiger partial charge in [0.1, 0.15) is 10.8 Å². The predicted molar refractivity (Wildman–Crippen MR) is 79.6 cm³/mol. The molecular weight excluding hydrogens is 285 g/mol. The van der Waals surface area contributed by atoms with Gasteiger partial charge in [0, 0.05) is 5.69 Å². The van der Waals surface area contributed by atoms with Crippen LogP contribution in [-0.4, -0.2) is 9.97 Å². The highest BCUT2D eigenvalue weighted by atomic mass is 35.5. The second kappa shape index (κ2) is 5.50. The first-order chi connectivity index (χ1) is 8.99. The van der Waals surface area contributed by atoms with Crippen molar-refractivity contribution in [1.29, 1.82) is 0 Å². The van der Waals surface area contributed by atoms with E-state index in [1.54, 1.807) is 24.3 Å². The van der Waals surface area contributed by atoms with Crippen molar-refractivity contribution in [2.75, 3.05) is 5.32 Å². The molecule has 98 valence electrons. The zero-order chi connectivity index (χ0) is 14.0. The summed E-state index contributed by atoms with van der Waals surface area (Å²) in [5.41, 5.74) is 7.17. The monoisotopic (exact) mass is 295 g/mol. The molecule has 0 spiro atoms. The molecule has 6 heteroatoms. The highest BCUT2D eigenvalue weighted by Gasteiger charge is 2.11. The van der Waals surface area contributed by atoms with Crippen molar-refractivity contribution in [1.82, 2.24) is 4.98 Å². The van der Waals surface area contributed by atoms with Crippen LogP contribution in [0.25, 0.3) is 0 Å². The second-order valence-corrected chi connectivity index (χ2v) is 4.79. The highest BCUT2D eigenvalue weighted by molar-refractivity contribution is 7.80. The molecule has 0 bridgehead atoms. The third-order valence-corrected chi connectivity index (χ3v) is 3.02. The standard InChI is InChI=1S/C13H11ClFN3S/c1-7-5-6-8(12(16)19)13(17-7)18-10-4-2-3-9(14)11(10)15/h2-6H,1H3,(H2,16,19)(H,17,18). The van der Waals surface area contributed by atoms with Gasteiger partial charge >= 0.3 is 0 Å². The number of aromatic nitrogens is 1. The number of benzene rings is 1. The molecule has 0 aliphatic rings. The molecule has 0 amide bonds. The van der Waals surface area contributed by atoms with Crippen LogP contribution in [0.2, 0.25) is 5.02 Å². The van der Waals surface area contributed by atoms with Crippen molar-refractivity contribution in [3.8, 4) is 0 Å². The van der Waals surface area contributed by atoms with Crippen molar-refractivity contribution in [3.63, 3.8) is 0 Å². The smallest absolute Gasteiger partial charge is 0.165 e. The Kier molecular flexibility index (Phi) is 3.97. The molecule has 19 heavy (non-hydrogen) atoms. The van der Waals surface area contributed by atoms with Gasteiger partial charge in [0.25, 0.3) is 0 Å². The van der Waals surface area contributed by atoms with Gasteiger partial charge in [-0.25, -0.2) is 9.37 Å². The average molecular weight is 296 g/mol. The van der Waals surface area contributed by atoms with E-state index in [1.807, 2.05) is 6.92 Å². The SMILES string of the molecule is Cc1ccc(C(N)=S)c(Nc2cccc(Cl)c2F)n1. The summed E-state index contributed by atoms with van der Waals surface area (Å²) in [6, 6.07) is 8.21. The Morgan fingerprint density at radius 3 is 2.79 bits per heavy atom. The van der Waals surface area contributed by atoms with E-state index in [2.05, 4.69) is 10.3 Å². The minimum absolute atomic E-state index is 0.0366. The van der Waals surface area contributed by atoms with Crippen LogP contribution in [0.15, 0.2) is 30.3 Å². The van der Waals surface area contributed by atoms with Crippen LogP contribution in [-0.2, 0) is 0 Å². The number of hydrogen-bond acceptors (Lipinski definition) is 3. The molecule has 2 aromatic rings. The van der Waals surface area contributed by atoms with Crippen LogP contribution < -0.4 is 11.1 Å². The fourth-order valence-electron chi connectivity index (χ4n) is 1.58. The molecule has 3 nitrogen and oxygen atoms in total. The molecule has 0 atom stereocenters. The van der Waals surface area contributed by atoms with E-state index in [-0.39, 0.29) is 15.7 Å². The van der Waals surface area contributed by atoms with Crippen molar-refractivity contribution in [2.45, 2.75) is 6.92 Å². The normalized spacial score (nSPS) is 10.3. The number of nitrogens with one attached hydrogen (secondary N) is 1. The maximum Gasteiger partial charge on any atom is 0.165 e. The number of pyridine rings is 1. The molecule has 0 saturated carbocycles. The number of thiocarbonyl (C=S) groups is 1. The topological polar surface area (TPSA) is 50.9 Å². The lowest BCUT2D eigenvalue weighted by Crippen LogP contribution is -2.13. The minimum atomic E-state index is -0.540. The van der Waals surface area contributed by atoms with Crippen LogP contribution in [0, 0.1) is 12.7 Å².